The van der Waals surface area contributed by atoms with Gasteiger partial charge in [-0.15, -0.1) is 0 Å². The SMILES string of the molecule is C=Cc1ccc2c(c1)nc([C@H](NC(=O)OC(C)(C)C)C(C)C)n2Cc1ccccc1. The second kappa shape index (κ2) is 8.74. The van der Waals surface area contributed by atoms with Gasteiger partial charge in [0.15, 0.2) is 0 Å². The van der Waals surface area contributed by atoms with Crippen molar-refractivity contribution in [3.05, 3.63) is 72.1 Å². The highest BCUT2D eigenvalue weighted by Gasteiger charge is 2.27. The van der Waals surface area contributed by atoms with Crippen LogP contribution in [0.3, 0.4) is 0 Å². The van der Waals surface area contributed by atoms with Crippen LogP contribution in [0.1, 0.15) is 57.6 Å². The summed E-state index contributed by atoms with van der Waals surface area (Å²) in [6.07, 6.45) is 1.38. The number of hydrogen-bond donors (Lipinski definition) is 1. The molecular weight excluding hydrogens is 374 g/mol. The van der Waals surface area contributed by atoms with E-state index in [4.69, 9.17) is 9.72 Å². The number of nitrogens with zero attached hydrogens (tertiary/aromatic N) is 2. The average Bonchev–Trinajstić information content (AvgIpc) is 3.02. The van der Waals surface area contributed by atoms with Crippen LogP contribution in [0.2, 0.25) is 0 Å². The number of alkyl carbamates (subject to hydrolysis) is 1. The minimum absolute atomic E-state index is 0.128. The van der Waals surface area contributed by atoms with Crippen molar-refractivity contribution in [3.8, 4) is 0 Å². The van der Waals surface area contributed by atoms with Gasteiger partial charge in [-0.25, -0.2) is 9.78 Å². The van der Waals surface area contributed by atoms with Gasteiger partial charge in [0.05, 0.1) is 17.1 Å². The molecule has 1 aromatic heterocycles. The summed E-state index contributed by atoms with van der Waals surface area (Å²) in [7, 11) is 0. The van der Waals surface area contributed by atoms with Crippen molar-refractivity contribution in [1.82, 2.24) is 14.9 Å². The number of benzene rings is 2. The molecule has 0 aliphatic heterocycles. The largest absolute Gasteiger partial charge is 0.444 e. The average molecular weight is 406 g/mol. The summed E-state index contributed by atoms with van der Waals surface area (Å²) in [5, 5.41) is 3.04. The molecule has 0 spiro atoms. The van der Waals surface area contributed by atoms with E-state index in [2.05, 4.69) is 48.5 Å². The van der Waals surface area contributed by atoms with Crippen molar-refractivity contribution < 1.29 is 9.53 Å². The fraction of sp³-hybridized carbons (Fsp3) is 0.360. The van der Waals surface area contributed by atoms with Crippen LogP contribution in [0.25, 0.3) is 17.1 Å². The van der Waals surface area contributed by atoms with Gasteiger partial charge in [-0.3, -0.25) is 0 Å². The molecule has 5 heteroatoms. The molecule has 0 bridgehead atoms. The zero-order valence-electron chi connectivity index (χ0n) is 18.5. The standard InChI is InChI=1S/C25H31N3O2/c1-7-18-13-14-21-20(15-18)26-23(28(21)16-19-11-9-8-10-12-19)22(17(2)3)27-24(29)30-25(4,5)6/h7-15,17,22H,1,16H2,2-6H3,(H,27,29)/t22-/m1/s1. The van der Waals surface area contributed by atoms with Crippen molar-refractivity contribution in [1.29, 1.82) is 0 Å². The molecule has 1 amide bonds. The Hall–Kier alpha value is -3.08. The highest BCUT2D eigenvalue weighted by atomic mass is 16.6. The van der Waals surface area contributed by atoms with Gasteiger partial charge in [-0.2, -0.15) is 0 Å². The van der Waals surface area contributed by atoms with Crippen LogP contribution in [0.4, 0.5) is 4.79 Å². The lowest BCUT2D eigenvalue weighted by Crippen LogP contribution is -2.38. The Kier molecular flexibility index (Phi) is 6.30. The number of carbonyl (C=O) groups is 1. The van der Waals surface area contributed by atoms with Gasteiger partial charge in [0.25, 0.3) is 0 Å². The Labute approximate surface area is 178 Å². The van der Waals surface area contributed by atoms with E-state index in [9.17, 15) is 4.79 Å². The van der Waals surface area contributed by atoms with Crippen LogP contribution >= 0.6 is 0 Å². The van der Waals surface area contributed by atoms with Gasteiger partial charge in [0.1, 0.15) is 11.4 Å². The molecule has 158 valence electrons. The lowest BCUT2D eigenvalue weighted by Gasteiger charge is -2.26. The van der Waals surface area contributed by atoms with E-state index in [1.165, 1.54) is 5.56 Å². The van der Waals surface area contributed by atoms with E-state index in [1.54, 1.807) is 0 Å². The van der Waals surface area contributed by atoms with Crippen LogP contribution in [0.5, 0.6) is 0 Å². The van der Waals surface area contributed by atoms with Crippen molar-refractivity contribution in [3.63, 3.8) is 0 Å². The molecule has 2 aromatic carbocycles. The number of carbonyl (C=O) groups excluding carboxylic acids is 1. The summed E-state index contributed by atoms with van der Waals surface area (Å²) < 4.78 is 7.69. The number of rotatable bonds is 6. The fourth-order valence-corrected chi connectivity index (χ4v) is 3.43. The Morgan fingerprint density at radius 1 is 1.20 bits per heavy atom. The minimum atomic E-state index is -0.561. The second-order valence-electron chi connectivity index (χ2n) is 8.86. The highest BCUT2D eigenvalue weighted by Crippen LogP contribution is 2.28. The van der Waals surface area contributed by atoms with Crippen molar-refractivity contribution in [2.24, 2.45) is 5.92 Å². The number of ether oxygens (including phenoxy) is 1. The number of nitrogens with one attached hydrogen (secondary N) is 1. The van der Waals surface area contributed by atoms with Crippen LogP contribution in [0, 0.1) is 5.92 Å². The van der Waals surface area contributed by atoms with Crippen LogP contribution in [-0.2, 0) is 11.3 Å². The monoisotopic (exact) mass is 405 g/mol. The van der Waals surface area contributed by atoms with Gasteiger partial charge in [0, 0.05) is 6.54 Å². The molecule has 0 aliphatic carbocycles. The summed E-state index contributed by atoms with van der Waals surface area (Å²) in [6.45, 7) is 14.3. The molecule has 0 saturated carbocycles. The van der Waals surface area contributed by atoms with Gasteiger partial charge in [0.2, 0.25) is 0 Å². The van der Waals surface area contributed by atoms with Gasteiger partial charge in [-0.05, 0) is 49.9 Å². The van der Waals surface area contributed by atoms with Crippen LogP contribution in [0.15, 0.2) is 55.1 Å². The van der Waals surface area contributed by atoms with Crippen molar-refractivity contribution >= 4 is 23.2 Å². The molecule has 3 rings (SSSR count). The van der Waals surface area contributed by atoms with E-state index in [-0.39, 0.29) is 12.0 Å². The molecule has 30 heavy (non-hydrogen) atoms. The third-order valence-electron chi connectivity index (χ3n) is 4.84. The normalized spacial score (nSPS) is 12.7. The van der Waals surface area contributed by atoms with E-state index in [0.717, 1.165) is 22.4 Å². The number of imidazole rings is 1. The summed E-state index contributed by atoms with van der Waals surface area (Å²) in [5.41, 5.74) is 3.53. The predicted molar refractivity (Wildman–Crippen MR) is 122 cm³/mol. The zero-order valence-corrected chi connectivity index (χ0v) is 18.5. The molecule has 5 nitrogen and oxygen atoms in total. The lowest BCUT2D eigenvalue weighted by atomic mass is 10.0. The van der Waals surface area contributed by atoms with Gasteiger partial charge >= 0.3 is 6.09 Å². The summed E-state index contributed by atoms with van der Waals surface area (Å²) in [4.78, 5) is 17.5. The maximum atomic E-state index is 12.5. The molecule has 1 N–H and O–H groups in total. The predicted octanol–water partition coefficient (Wildman–Crippen LogP) is 5.95. The smallest absolute Gasteiger partial charge is 0.408 e. The molecule has 1 atom stereocenters. The lowest BCUT2D eigenvalue weighted by molar-refractivity contribution is 0.0485. The van der Waals surface area contributed by atoms with Crippen molar-refractivity contribution in [2.45, 2.75) is 52.8 Å². The molecule has 3 aromatic rings. The number of fused-ring (bicyclic) bond motifs is 1. The zero-order chi connectivity index (χ0) is 21.9. The molecule has 0 fully saturated rings. The first-order valence-electron chi connectivity index (χ1n) is 10.3. The Balaban J connectivity index is 2.07. The third-order valence-corrected chi connectivity index (χ3v) is 4.84. The molecule has 0 saturated heterocycles. The molecule has 0 radical (unpaired) electrons. The molecule has 0 aliphatic rings. The van der Waals surface area contributed by atoms with Gasteiger partial charge < -0.3 is 14.6 Å². The maximum Gasteiger partial charge on any atom is 0.408 e. The number of aromatic nitrogens is 2. The summed E-state index contributed by atoms with van der Waals surface area (Å²) in [6, 6.07) is 16.1. The molecule has 0 unspecified atom stereocenters. The first-order chi connectivity index (χ1) is 14.2. The fourth-order valence-electron chi connectivity index (χ4n) is 3.43. The quantitative estimate of drug-likeness (QED) is 0.551. The minimum Gasteiger partial charge on any atom is -0.444 e. The van der Waals surface area contributed by atoms with E-state index >= 15 is 0 Å². The summed E-state index contributed by atoms with van der Waals surface area (Å²) >= 11 is 0. The Morgan fingerprint density at radius 2 is 1.90 bits per heavy atom. The Morgan fingerprint density at radius 3 is 2.50 bits per heavy atom. The Bertz CT molecular complexity index is 1030. The molecular formula is C25H31N3O2. The first-order valence-corrected chi connectivity index (χ1v) is 10.3. The van der Waals surface area contributed by atoms with E-state index in [1.807, 2.05) is 57.2 Å². The van der Waals surface area contributed by atoms with Crippen molar-refractivity contribution in [2.75, 3.05) is 0 Å². The molecule has 1 heterocycles. The van der Waals surface area contributed by atoms with E-state index < -0.39 is 11.7 Å². The van der Waals surface area contributed by atoms with Crippen LogP contribution in [-0.4, -0.2) is 21.2 Å². The number of hydrogen-bond acceptors (Lipinski definition) is 3. The van der Waals surface area contributed by atoms with Crippen LogP contribution < -0.4 is 5.32 Å². The first kappa shape index (κ1) is 21.6. The van der Waals surface area contributed by atoms with E-state index in [0.29, 0.717) is 6.54 Å². The third kappa shape index (κ3) is 5.09. The topological polar surface area (TPSA) is 56.1 Å². The highest BCUT2D eigenvalue weighted by molar-refractivity contribution is 5.79. The van der Waals surface area contributed by atoms with Gasteiger partial charge in [-0.1, -0.05) is 62.9 Å². The summed E-state index contributed by atoms with van der Waals surface area (Å²) in [5.74, 6) is 0.943. The maximum absolute atomic E-state index is 12.5. The second-order valence-corrected chi connectivity index (χ2v) is 8.86. The number of amides is 1.